The van der Waals surface area contributed by atoms with E-state index in [2.05, 4.69) is 4.98 Å². The minimum Gasteiger partial charge on any atom is -0.496 e. The number of pyridine rings is 1. The summed E-state index contributed by atoms with van der Waals surface area (Å²) < 4.78 is 18.4. The Morgan fingerprint density at radius 1 is 1.38 bits per heavy atom. The van der Waals surface area contributed by atoms with E-state index in [1.807, 2.05) is 24.3 Å². The summed E-state index contributed by atoms with van der Waals surface area (Å²) in [6.45, 7) is 0.327. The number of aromatic nitrogens is 1. The molecule has 0 radical (unpaired) electrons. The first-order valence-corrected chi connectivity index (χ1v) is 7.44. The van der Waals surface area contributed by atoms with Crippen LogP contribution in [0.4, 0.5) is 4.39 Å². The molecular formula is C18H19FN2O3. The molecular weight excluding hydrogens is 311 g/mol. The molecule has 2 rings (SSSR count). The number of benzene rings is 1. The van der Waals surface area contributed by atoms with Crippen LogP contribution in [0.3, 0.4) is 0 Å². The molecule has 24 heavy (non-hydrogen) atoms. The SMILES string of the molecule is COc1ccccc1CN(CCO)C(=O)/C=C/c1cncc(F)c1. The molecule has 1 heterocycles. The van der Waals surface area contributed by atoms with Gasteiger partial charge in [0.2, 0.25) is 5.91 Å². The molecule has 0 aliphatic carbocycles. The highest BCUT2D eigenvalue weighted by Gasteiger charge is 2.13. The predicted molar refractivity (Wildman–Crippen MR) is 88.7 cm³/mol. The van der Waals surface area contributed by atoms with Gasteiger partial charge in [-0.3, -0.25) is 9.78 Å². The third kappa shape index (κ3) is 4.89. The number of ether oxygens (including phenoxy) is 1. The fourth-order valence-corrected chi connectivity index (χ4v) is 2.22. The maximum absolute atomic E-state index is 13.1. The van der Waals surface area contributed by atoms with Gasteiger partial charge < -0.3 is 14.7 Å². The molecule has 0 fully saturated rings. The zero-order valence-corrected chi connectivity index (χ0v) is 13.4. The molecule has 1 amide bonds. The maximum atomic E-state index is 13.1. The van der Waals surface area contributed by atoms with Crippen molar-refractivity contribution >= 4 is 12.0 Å². The second-order valence-corrected chi connectivity index (χ2v) is 5.07. The highest BCUT2D eigenvalue weighted by atomic mass is 19.1. The summed E-state index contributed by atoms with van der Waals surface area (Å²) in [7, 11) is 1.56. The van der Waals surface area contributed by atoms with E-state index in [4.69, 9.17) is 4.74 Å². The number of aliphatic hydroxyl groups excluding tert-OH is 1. The predicted octanol–water partition coefficient (Wildman–Crippen LogP) is 2.26. The van der Waals surface area contributed by atoms with Gasteiger partial charge in [-0.05, 0) is 23.8 Å². The Bertz CT molecular complexity index is 719. The van der Waals surface area contributed by atoms with E-state index in [1.54, 1.807) is 7.11 Å². The normalized spacial score (nSPS) is 10.8. The number of nitrogens with zero attached hydrogens (tertiary/aromatic N) is 2. The van der Waals surface area contributed by atoms with Gasteiger partial charge in [-0.2, -0.15) is 0 Å². The number of methoxy groups -OCH3 is 1. The Kier molecular flexibility index (Phi) is 6.45. The van der Waals surface area contributed by atoms with E-state index in [0.717, 1.165) is 11.8 Å². The topological polar surface area (TPSA) is 62.7 Å². The minimum absolute atomic E-state index is 0.156. The van der Waals surface area contributed by atoms with Crippen LogP contribution in [0.2, 0.25) is 0 Å². The molecule has 1 aromatic heterocycles. The Labute approximate surface area is 140 Å². The highest BCUT2D eigenvalue weighted by Crippen LogP contribution is 2.19. The van der Waals surface area contributed by atoms with Crippen molar-refractivity contribution in [1.29, 1.82) is 0 Å². The second kappa shape index (κ2) is 8.79. The van der Waals surface area contributed by atoms with E-state index in [9.17, 15) is 14.3 Å². The van der Waals surface area contributed by atoms with E-state index < -0.39 is 5.82 Å². The molecule has 1 aromatic carbocycles. The number of carbonyl (C=O) groups is 1. The lowest BCUT2D eigenvalue weighted by molar-refractivity contribution is -0.127. The average Bonchev–Trinajstić information content (AvgIpc) is 2.60. The number of amides is 1. The number of hydrogen-bond acceptors (Lipinski definition) is 4. The standard InChI is InChI=1S/C18H19FN2O3/c1-24-17-5-3-2-4-15(17)13-21(8-9-22)18(23)7-6-14-10-16(19)12-20-11-14/h2-7,10-12,22H,8-9,13H2,1H3/b7-6+. The van der Waals surface area contributed by atoms with Crippen molar-refractivity contribution in [3.8, 4) is 5.75 Å². The quantitative estimate of drug-likeness (QED) is 0.791. The molecule has 0 aliphatic rings. The third-order valence-corrected chi connectivity index (χ3v) is 3.38. The van der Waals surface area contributed by atoms with Crippen molar-refractivity contribution in [3.63, 3.8) is 0 Å². The lowest BCUT2D eigenvalue weighted by Gasteiger charge is -2.21. The number of para-hydroxylation sites is 1. The molecule has 0 bridgehead atoms. The molecule has 0 saturated heterocycles. The maximum Gasteiger partial charge on any atom is 0.246 e. The van der Waals surface area contributed by atoms with Crippen LogP contribution >= 0.6 is 0 Å². The Balaban J connectivity index is 2.13. The van der Waals surface area contributed by atoms with Crippen LogP contribution in [0, 0.1) is 5.82 Å². The summed E-state index contributed by atoms with van der Waals surface area (Å²) in [5.74, 6) is -0.0865. The van der Waals surface area contributed by atoms with Gasteiger partial charge in [-0.15, -0.1) is 0 Å². The molecule has 1 N–H and O–H groups in total. The van der Waals surface area contributed by atoms with Gasteiger partial charge in [0, 0.05) is 30.9 Å². The Morgan fingerprint density at radius 3 is 2.88 bits per heavy atom. The van der Waals surface area contributed by atoms with Gasteiger partial charge in [-0.25, -0.2) is 4.39 Å². The Hall–Kier alpha value is -2.73. The molecule has 2 aromatic rings. The first-order chi connectivity index (χ1) is 11.6. The zero-order chi connectivity index (χ0) is 17.4. The fraction of sp³-hybridized carbons (Fsp3) is 0.222. The van der Waals surface area contributed by atoms with Gasteiger partial charge in [0.05, 0.1) is 19.9 Å². The van der Waals surface area contributed by atoms with Crippen molar-refractivity contribution in [2.75, 3.05) is 20.3 Å². The van der Waals surface area contributed by atoms with Crippen molar-refractivity contribution in [1.82, 2.24) is 9.88 Å². The minimum atomic E-state index is -0.467. The van der Waals surface area contributed by atoms with Crippen molar-refractivity contribution in [2.45, 2.75) is 6.54 Å². The summed E-state index contributed by atoms with van der Waals surface area (Å²) >= 11 is 0. The zero-order valence-electron chi connectivity index (χ0n) is 13.4. The van der Waals surface area contributed by atoms with E-state index in [-0.39, 0.29) is 19.1 Å². The van der Waals surface area contributed by atoms with E-state index >= 15 is 0 Å². The van der Waals surface area contributed by atoms with Crippen molar-refractivity contribution in [2.24, 2.45) is 0 Å². The number of hydrogen-bond donors (Lipinski definition) is 1. The molecule has 0 saturated carbocycles. The van der Waals surface area contributed by atoms with E-state index in [0.29, 0.717) is 17.9 Å². The summed E-state index contributed by atoms with van der Waals surface area (Å²) in [6.07, 6.45) is 5.38. The first-order valence-electron chi connectivity index (χ1n) is 7.44. The Morgan fingerprint density at radius 2 is 2.17 bits per heavy atom. The smallest absolute Gasteiger partial charge is 0.246 e. The van der Waals surface area contributed by atoms with Crippen LogP contribution in [0.25, 0.3) is 6.08 Å². The van der Waals surface area contributed by atoms with Crippen LogP contribution in [0.15, 0.2) is 48.8 Å². The number of rotatable bonds is 7. The second-order valence-electron chi connectivity index (χ2n) is 5.07. The molecule has 0 spiro atoms. The molecule has 6 heteroatoms. The van der Waals surface area contributed by atoms with Gasteiger partial charge >= 0.3 is 0 Å². The van der Waals surface area contributed by atoms with Gasteiger partial charge in [0.25, 0.3) is 0 Å². The first kappa shape index (κ1) is 17.6. The monoisotopic (exact) mass is 330 g/mol. The summed E-state index contributed by atoms with van der Waals surface area (Å²) in [6, 6.07) is 8.65. The fourth-order valence-electron chi connectivity index (χ4n) is 2.22. The van der Waals surface area contributed by atoms with Gasteiger partial charge in [0.1, 0.15) is 11.6 Å². The summed E-state index contributed by atoms with van der Waals surface area (Å²) in [5, 5.41) is 9.20. The number of carbonyl (C=O) groups excluding carboxylic acids is 1. The van der Waals surface area contributed by atoms with Crippen molar-refractivity contribution in [3.05, 3.63) is 65.7 Å². The molecule has 0 atom stereocenters. The molecule has 5 nitrogen and oxygen atoms in total. The lowest BCUT2D eigenvalue weighted by atomic mass is 10.2. The summed E-state index contributed by atoms with van der Waals surface area (Å²) in [4.78, 5) is 17.6. The van der Waals surface area contributed by atoms with Gasteiger partial charge in [-0.1, -0.05) is 18.2 Å². The van der Waals surface area contributed by atoms with Crippen LogP contribution in [0.1, 0.15) is 11.1 Å². The van der Waals surface area contributed by atoms with Crippen LogP contribution < -0.4 is 4.74 Å². The summed E-state index contributed by atoms with van der Waals surface area (Å²) in [5.41, 5.74) is 1.33. The average molecular weight is 330 g/mol. The van der Waals surface area contributed by atoms with Crippen LogP contribution in [0.5, 0.6) is 5.75 Å². The third-order valence-electron chi connectivity index (χ3n) is 3.38. The molecule has 0 aliphatic heterocycles. The van der Waals surface area contributed by atoms with Crippen LogP contribution in [-0.2, 0) is 11.3 Å². The lowest BCUT2D eigenvalue weighted by Crippen LogP contribution is -2.31. The highest BCUT2D eigenvalue weighted by molar-refractivity contribution is 5.91. The van der Waals surface area contributed by atoms with Crippen molar-refractivity contribution < 1.29 is 19.0 Å². The van der Waals surface area contributed by atoms with Crippen LogP contribution in [-0.4, -0.2) is 41.2 Å². The molecule has 126 valence electrons. The number of halogens is 1. The largest absolute Gasteiger partial charge is 0.496 e. The van der Waals surface area contributed by atoms with Gasteiger partial charge in [0.15, 0.2) is 0 Å². The number of aliphatic hydroxyl groups is 1. The van der Waals surface area contributed by atoms with E-state index in [1.165, 1.54) is 29.3 Å². The molecule has 0 unspecified atom stereocenters.